The van der Waals surface area contributed by atoms with E-state index in [2.05, 4.69) is 10.3 Å². The van der Waals surface area contributed by atoms with Crippen molar-refractivity contribution >= 4 is 11.5 Å². The van der Waals surface area contributed by atoms with E-state index in [4.69, 9.17) is 15.6 Å². The van der Waals surface area contributed by atoms with Crippen LogP contribution in [0.2, 0.25) is 0 Å². The number of hydrogen-bond acceptors (Lipinski definition) is 6. The van der Waals surface area contributed by atoms with Gasteiger partial charge in [-0.25, -0.2) is 0 Å². The number of ether oxygens (including phenoxy) is 1. The molecular weight excluding hydrogens is 246 g/mol. The van der Waals surface area contributed by atoms with Crippen LogP contribution in [-0.4, -0.2) is 40.6 Å². The summed E-state index contributed by atoms with van der Waals surface area (Å²) in [6.07, 6.45) is 0. The Morgan fingerprint density at radius 1 is 1.47 bits per heavy atom. The second kappa shape index (κ2) is 6.58. The van der Waals surface area contributed by atoms with Crippen LogP contribution < -0.4 is 15.8 Å². The smallest absolute Gasteiger partial charge is 0.239 e. The largest absolute Gasteiger partial charge is 0.476 e. The lowest BCUT2D eigenvalue weighted by molar-refractivity contribution is 0.0131. The third-order valence-corrected chi connectivity index (χ3v) is 2.43. The van der Waals surface area contributed by atoms with Crippen LogP contribution in [-0.2, 0) is 0 Å². The van der Waals surface area contributed by atoms with Crippen molar-refractivity contribution in [2.24, 2.45) is 5.92 Å². The summed E-state index contributed by atoms with van der Waals surface area (Å²) in [5.74, 6) is 1.30. The van der Waals surface area contributed by atoms with Crippen LogP contribution in [0.25, 0.3) is 0 Å². The maximum absolute atomic E-state index is 9.69. The second-order valence-corrected chi connectivity index (χ2v) is 5.30. The normalized spacial score (nSPS) is 14.2. The standard InChI is InChI=1S/C13H23N3O3/c1-9(2)6-19-12-10(14)4-5-11(16-12)15-7-13(3,18)8-17/h4-5,9,17-18H,6-8,14H2,1-3H3,(H,15,16). The van der Waals surface area contributed by atoms with Crippen molar-refractivity contribution in [3.05, 3.63) is 12.1 Å². The molecule has 1 heterocycles. The Labute approximate surface area is 113 Å². The first-order valence-electron chi connectivity index (χ1n) is 6.30. The van der Waals surface area contributed by atoms with Gasteiger partial charge in [-0.3, -0.25) is 0 Å². The summed E-state index contributed by atoms with van der Waals surface area (Å²) in [6, 6.07) is 3.39. The van der Waals surface area contributed by atoms with Gasteiger partial charge >= 0.3 is 0 Å². The molecule has 0 spiro atoms. The Kier molecular flexibility index (Phi) is 5.38. The Morgan fingerprint density at radius 2 is 2.16 bits per heavy atom. The van der Waals surface area contributed by atoms with Gasteiger partial charge in [-0.1, -0.05) is 13.8 Å². The highest BCUT2D eigenvalue weighted by Crippen LogP contribution is 2.21. The van der Waals surface area contributed by atoms with Crippen molar-refractivity contribution < 1.29 is 14.9 Å². The van der Waals surface area contributed by atoms with Crippen molar-refractivity contribution in [2.45, 2.75) is 26.4 Å². The number of rotatable bonds is 7. The number of nitrogen functional groups attached to an aromatic ring is 1. The highest BCUT2D eigenvalue weighted by atomic mass is 16.5. The summed E-state index contributed by atoms with van der Waals surface area (Å²) in [7, 11) is 0. The lowest BCUT2D eigenvalue weighted by Gasteiger charge is -2.21. The summed E-state index contributed by atoms with van der Waals surface area (Å²) in [5.41, 5.74) is 5.06. The van der Waals surface area contributed by atoms with Crippen molar-refractivity contribution in [3.8, 4) is 5.88 Å². The van der Waals surface area contributed by atoms with Gasteiger partial charge in [0.05, 0.1) is 18.9 Å². The number of anilines is 2. The zero-order chi connectivity index (χ0) is 14.5. The van der Waals surface area contributed by atoms with E-state index >= 15 is 0 Å². The molecule has 6 nitrogen and oxygen atoms in total. The quantitative estimate of drug-likeness (QED) is 0.585. The van der Waals surface area contributed by atoms with Gasteiger partial charge < -0.3 is 26.0 Å². The summed E-state index contributed by atoms with van der Waals surface area (Å²) < 4.78 is 5.51. The van der Waals surface area contributed by atoms with E-state index in [1.165, 1.54) is 6.92 Å². The third-order valence-electron chi connectivity index (χ3n) is 2.43. The highest BCUT2D eigenvalue weighted by Gasteiger charge is 2.18. The van der Waals surface area contributed by atoms with Gasteiger partial charge in [-0.15, -0.1) is 0 Å². The lowest BCUT2D eigenvalue weighted by Crippen LogP contribution is -2.37. The van der Waals surface area contributed by atoms with Crippen LogP contribution in [0.1, 0.15) is 20.8 Å². The molecule has 1 unspecified atom stereocenters. The fraction of sp³-hybridized carbons (Fsp3) is 0.615. The van der Waals surface area contributed by atoms with Gasteiger partial charge in [0.2, 0.25) is 5.88 Å². The molecule has 19 heavy (non-hydrogen) atoms. The van der Waals surface area contributed by atoms with Gasteiger partial charge in [0.1, 0.15) is 11.4 Å². The molecule has 0 bridgehead atoms. The second-order valence-electron chi connectivity index (χ2n) is 5.30. The fourth-order valence-electron chi connectivity index (χ4n) is 1.25. The molecule has 1 aromatic rings. The first-order chi connectivity index (χ1) is 8.84. The number of nitrogens with zero attached hydrogens (tertiary/aromatic N) is 1. The molecule has 0 amide bonds. The molecule has 0 aliphatic carbocycles. The maximum atomic E-state index is 9.69. The zero-order valence-corrected chi connectivity index (χ0v) is 11.7. The molecule has 1 rings (SSSR count). The predicted molar refractivity (Wildman–Crippen MR) is 75.2 cm³/mol. The summed E-state index contributed by atoms with van der Waals surface area (Å²) >= 11 is 0. The number of aromatic nitrogens is 1. The zero-order valence-electron chi connectivity index (χ0n) is 11.7. The Hall–Kier alpha value is -1.53. The molecule has 1 aromatic heterocycles. The molecule has 0 radical (unpaired) electrons. The van der Waals surface area contributed by atoms with E-state index in [-0.39, 0.29) is 13.2 Å². The van der Waals surface area contributed by atoms with Crippen LogP contribution in [0.15, 0.2) is 12.1 Å². The van der Waals surface area contributed by atoms with E-state index in [0.29, 0.717) is 29.9 Å². The van der Waals surface area contributed by atoms with Crippen LogP contribution in [0.5, 0.6) is 5.88 Å². The molecule has 0 aliphatic rings. The van der Waals surface area contributed by atoms with Gasteiger partial charge in [-0.05, 0) is 25.0 Å². The lowest BCUT2D eigenvalue weighted by atomic mass is 10.1. The van der Waals surface area contributed by atoms with E-state index in [9.17, 15) is 5.11 Å². The summed E-state index contributed by atoms with van der Waals surface area (Å²) in [4.78, 5) is 4.23. The van der Waals surface area contributed by atoms with Crippen LogP contribution in [0.4, 0.5) is 11.5 Å². The number of nitrogens with two attached hydrogens (primary N) is 1. The van der Waals surface area contributed by atoms with Gasteiger partial charge in [0.15, 0.2) is 0 Å². The average Bonchev–Trinajstić information content (AvgIpc) is 2.36. The van der Waals surface area contributed by atoms with Gasteiger partial charge in [0, 0.05) is 6.54 Å². The SMILES string of the molecule is CC(C)COc1nc(NCC(C)(O)CO)ccc1N. The molecule has 0 aromatic carbocycles. The van der Waals surface area contributed by atoms with Crippen LogP contribution in [0, 0.1) is 5.92 Å². The van der Waals surface area contributed by atoms with E-state index in [1.54, 1.807) is 12.1 Å². The van der Waals surface area contributed by atoms with E-state index < -0.39 is 5.60 Å². The van der Waals surface area contributed by atoms with Crippen molar-refractivity contribution in [2.75, 3.05) is 30.8 Å². The molecule has 108 valence electrons. The summed E-state index contributed by atoms with van der Waals surface area (Å²) in [6.45, 7) is 6.01. The molecular formula is C13H23N3O3. The number of aliphatic hydroxyl groups excluding tert-OH is 1. The number of pyridine rings is 1. The molecule has 5 N–H and O–H groups in total. The van der Waals surface area contributed by atoms with E-state index in [1.807, 2.05) is 13.8 Å². The Morgan fingerprint density at radius 3 is 2.74 bits per heavy atom. The average molecular weight is 269 g/mol. The van der Waals surface area contributed by atoms with Crippen molar-refractivity contribution in [1.29, 1.82) is 0 Å². The first-order valence-corrected chi connectivity index (χ1v) is 6.30. The minimum atomic E-state index is -1.19. The molecule has 0 aliphatic heterocycles. The number of hydrogen-bond donors (Lipinski definition) is 4. The topological polar surface area (TPSA) is 101 Å². The van der Waals surface area contributed by atoms with Crippen molar-refractivity contribution in [3.63, 3.8) is 0 Å². The molecule has 6 heteroatoms. The maximum Gasteiger partial charge on any atom is 0.239 e. The Balaban J connectivity index is 2.67. The van der Waals surface area contributed by atoms with Crippen LogP contribution in [0.3, 0.4) is 0 Å². The molecule has 1 atom stereocenters. The highest BCUT2D eigenvalue weighted by molar-refractivity contribution is 5.53. The van der Waals surface area contributed by atoms with E-state index in [0.717, 1.165) is 0 Å². The monoisotopic (exact) mass is 269 g/mol. The van der Waals surface area contributed by atoms with Gasteiger partial charge in [0.25, 0.3) is 0 Å². The summed E-state index contributed by atoms with van der Waals surface area (Å²) in [5, 5.41) is 21.6. The van der Waals surface area contributed by atoms with Crippen LogP contribution >= 0.6 is 0 Å². The molecule has 0 saturated carbocycles. The third kappa shape index (κ3) is 5.32. The predicted octanol–water partition coefficient (Wildman–Crippen LogP) is 0.854. The molecule has 0 saturated heterocycles. The van der Waals surface area contributed by atoms with Gasteiger partial charge in [-0.2, -0.15) is 4.98 Å². The first kappa shape index (κ1) is 15.5. The minimum absolute atomic E-state index is 0.185. The number of nitrogens with one attached hydrogen (secondary N) is 1. The Bertz CT molecular complexity index is 408. The number of aliphatic hydroxyl groups is 2. The fourth-order valence-corrected chi connectivity index (χ4v) is 1.25. The molecule has 0 fully saturated rings. The minimum Gasteiger partial charge on any atom is -0.476 e. The van der Waals surface area contributed by atoms with Crippen molar-refractivity contribution in [1.82, 2.24) is 4.98 Å².